The van der Waals surface area contributed by atoms with E-state index < -0.39 is 22.5 Å². The second-order valence-corrected chi connectivity index (χ2v) is 10.9. The minimum atomic E-state index is -4.06. The Morgan fingerprint density at radius 2 is 1.62 bits per heavy atom. The van der Waals surface area contributed by atoms with Crippen LogP contribution in [0.3, 0.4) is 0 Å². The Morgan fingerprint density at radius 3 is 2.26 bits per heavy atom. The first-order valence-corrected chi connectivity index (χ1v) is 14.3. The van der Waals surface area contributed by atoms with Crippen LogP contribution in [-0.4, -0.2) is 46.7 Å². The minimum absolute atomic E-state index is 0.0533. The number of hydrogen-bond donors (Lipinski definition) is 2. The van der Waals surface area contributed by atoms with Crippen LogP contribution in [0, 0.1) is 6.92 Å². The lowest BCUT2D eigenvalue weighted by atomic mass is 10.2. The standard InChI is InChI=1S/C30H30N4O7S/c1-22-5-15-28(16-6-22)42(37,38)34(24-9-13-25(39-2)14-10-24)20-29(35)33-32-18-23-7-11-26(12-8-23)41-21-30(36)31-19-27-4-3-17-40-27/h3-18H,19-21H2,1-2H3,(H,31,36)(H,33,35)/b32-18-. The number of nitrogens with one attached hydrogen (secondary N) is 2. The average Bonchev–Trinajstić information content (AvgIpc) is 3.52. The van der Waals surface area contributed by atoms with E-state index in [1.165, 1.54) is 31.7 Å². The summed E-state index contributed by atoms with van der Waals surface area (Å²) in [5.74, 6) is 0.720. The van der Waals surface area contributed by atoms with Gasteiger partial charge in [0.1, 0.15) is 23.8 Å². The monoisotopic (exact) mass is 590 g/mol. The molecule has 218 valence electrons. The van der Waals surface area contributed by atoms with Crippen molar-refractivity contribution >= 4 is 33.7 Å². The first-order chi connectivity index (χ1) is 20.2. The summed E-state index contributed by atoms with van der Waals surface area (Å²) < 4.78 is 43.8. The first-order valence-electron chi connectivity index (χ1n) is 12.8. The Hall–Kier alpha value is -5.10. The van der Waals surface area contributed by atoms with E-state index in [2.05, 4.69) is 15.8 Å². The predicted molar refractivity (Wildman–Crippen MR) is 157 cm³/mol. The summed E-state index contributed by atoms with van der Waals surface area (Å²) >= 11 is 0. The zero-order chi connectivity index (χ0) is 30.0. The van der Waals surface area contributed by atoms with Crippen LogP contribution < -0.4 is 24.5 Å². The zero-order valence-corrected chi connectivity index (χ0v) is 23.8. The molecule has 42 heavy (non-hydrogen) atoms. The van der Waals surface area contributed by atoms with E-state index in [4.69, 9.17) is 13.9 Å². The van der Waals surface area contributed by atoms with E-state index >= 15 is 0 Å². The number of furan rings is 1. The fourth-order valence-electron chi connectivity index (χ4n) is 3.69. The Kier molecular flexibility index (Phi) is 9.95. The number of nitrogens with zero attached hydrogens (tertiary/aromatic N) is 2. The van der Waals surface area contributed by atoms with Crippen molar-refractivity contribution in [2.45, 2.75) is 18.4 Å². The summed E-state index contributed by atoms with van der Waals surface area (Å²) in [6.45, 7) is 1.45. The quantitative estimate of drug-likeness (QED) is 0.179. The lowest BCUT2D eigenvalue weighted by Gasteiger charge is -2.24. The van der Waals surface area contributed by atoms with E-state index in [1.807, 2.05) is 6.92 Å². The Morgan fingerprint density at radius 1 is 0.929 bits per heavy atom. The fourth-order valence-corrected chi connectivity index (χ4v) is 5.12. The van der Waals surface area contributed by atoms with Crippen molar-refractivity contribution in [2.75, 3.05) is 24.6 Å². The smallest absolute Gasteiger partial charge is 0.264 e. The Balaban J connectivity index is 1.34. The maximum absolute atomic E-state index is 13.5. The van der Waals surface area contributed by atoms with E-state index in [-0.39, 0.29) is 24.0 Å². The van der Waals surface area contributed by atoms with Crippen molar-refractivity contribution in [3.8, 4) is 11.5 Å². The highest BCUT2D eigenvalue weighted by Gasteiger charge is 2.27. The SMILES string of the molecule is COc1ccc(N(CC(=O)N/N=C\c2ccc(OCC(=O)NCc3ccco3)cc2)S(=O)(=O)c2ccc(C)cc2)cc1. The number of benzene rings is 3. The molecule has 0 radical (unpaired) electrons. The fraction of sp³-hybridized carbons (Fsp3) is 0.167. The normalized spacial score (nSPS) is 11.2. The predicted octanol–water partition coefficient (Wildman–Crippen LogP) is 3.64. The lowest BCUT2D eigenvalue weighted by molar-refractivity contribution is -0.123. The molecule has 0 fully saturated rings. The molecule has 0 atom stereocenters. The van der Waals surface area contributed by atoms with Crippen LogP contribution >= 0.6 is 0 Å². The second-order valence-electron chi connectivity index (χ2n) is 9.03. The molecule has 0 aliphatic heterocycles. The van der Waals surface area contributed by atoms with Gasteiger partial charge in [0, 0.05) is 0 Å². The van der Waals surface area contributed by atoms with Crippen molar-refractivity contribution in [1.82, 2.24) is 10.7 Å². The number of amides is 2. The Labute approximate surface area is 243 Å². The molecule has 1 aromatic heterocycles. The number of aryl methyl sites for hydroxylation is 1. The molecule has 0 spiro atoms. The molecule has 2 N–H and O–H groups in total. The number of hydrazone groups is 1. The van der Waals surface area contributed by atoms with Gasteiger partial charge in [0.15, 0.2) is 6.61 Å². The highest BCUT2D eigenvalue weighted by atomic mass is 32.2. The highest BCUT2D eigenvalue weighted by molar-refractivity contribution is 7.92. The van der Waals surface area contributed by atoms with Crippen molar-refractivity contribution in [2.24, 2.45) is 5.10 Å². The maximum atomic E-state index is 13.5. The van der Waals surface area contributed by atoms with Gasteiger partial charge in [0.25, 0.3) is 21.8 Å². The molecule has 11 nitrogen and oxygen atoms in total. The van der Waals surface area contributed by atoms with Gasteiger partial charge in [-0.3, -0.25) is 13.9 Å². The number of sulfonamides is 1. The summed E-state index contributed by atoms with van der Waals surface area (Å²) in [5, 5.41) is 6.64. The summed E-state index contributed by atoms with van der Waals surface area (Å²) in [6, 6.07) is 22.9. The highest BCUT2D eigenvalue weighted by Crippen LogP contribution is 2.26. The van der Waals surface area contributed by atoms with Gasteiger partial charge in [-0.05, 0) is 85.3 Å². The van der Waals surface area contributed by atoms with E-state index in [0.29, 0.717) is 28.5 Å². The van der Waals surface area contributed by atoms with Crippen molar-refractivity contribution in [3.05, 3.63) is 108 Å². The van der Waals surface area contributed by atoms with Gasteiger partial charge in [-0.2, -0.15) is 5.10 Å². The number of methoxy groups -OCH3 is 1. The molecule has 4 rings (SSSR count). The zero-order valence-electron chi connectivity index (χ0n) is 23.0. The molecule has 0 saturated heterocycles. The second kappa shape index (κ2) is 14.0. The van der Waals surface area contributed by atoms with Gasteiger partial charge in [-0.25, -0.2) is 13.8 Å². The molecular formula is C30H30N4O7S. The number of anilines is 1. The lowest BCUT2D eigenvalue weighted by Crippen LogP contribution is -2.39. The summed E-state index contributed by atoms with van der Waals surface area (Å²) in [6.07, 6.45) is 2.94. The van der Waals surface area contributed by atoms with Crippen molar-refractivity contribution in [3.63, 3.8) is 0 Å². The third-order valence-corrected chi connectivity index (χ3v) is 7.74. The van der Waals surface area contributed by atoms with Crippen LogP contribution in [-0.2, 0) is 26.2 Å². The van der Waals surface area contributed by atoms with E-state index in [1.54, 1.807) is 72.8 Å². The Bertz CT molecular complexity index is 1600. The minimum Gasteiger partial charge on any atom is -0.497 e. The summed E-state index contributed by atoms with van der Waals surface area (Å²) in [7, 11) is -2.56. The van der Waals surface area contributed by atoms with Crippen molar-refractivity contribution in [1.29, 1.82) is 0 Å². The van der Waals surface area contributed by atoms with Crippen LogP contribution in [0.25, 0.3) is 0 Å². The van der Waals surface area contributed by atoms with E-state index in [9.17, 15) is 18.0 Å². The van der Waals surface area contributed by atoms with Gasteiger partial charge in [-0.15, -0.1) is 0 Å². The molecule has 0 saturated carbocycles. The van der Waals surface area contributed by atoms with E-state index in [0.717, 1.165) is 9.87 Å². The first kappa shape index (κ1) is 29.9. The van der Waals surface area contributed by atoms with Crippen LogP contribution in [0.5, 0.6) is 11.5 Å². The molecule has 4 aromatic rings. The molecule has 12 heteroatoms. The topological polar surface area (TPSA) is 140 Å². The molecule has 0 bridgehead atoms. The summed E-state index contributed by atoms with van der Waals surface area (Å²) in [5.41, 5.74) is 4.22. The van der Waals surface area contributed by atoms with Gasteiger partial charge >= 0.3 is 0 Å². The molecule has 0 aliphatic carbocycles. The molecule has 0 aliphatic rings. The van der Waals surface area contributed by atoms with Crippen LogP contribution in [0.2, 0.25) is 0 Å². The molecule has 0 unspecified atom stereocenters. The third kappa shape index (κ3) is 8.21. The number of hydrogen-bond acceptors (Lipinski definition) is 8. The van der Waals surface area contributed by atoms with Crippen LogP contribution in [0.4, 0.5) is 5.69 Å². The average molecular weight is 591 g/mol. The number of rotatable bonds is 13. The summed E-state index contributed by atoms with van der Waals surface area (Å²) in [4.78, 5) is 24.8. The maximum Gasteiger partial charge on any atom is 0.264 e. The molecule has 1 heterocycles. The largest absolute Gasteiger partial charge is 0.497 e. The number of carbonyl (C=O) groups is 2. The van der Waals surface area contributed by atoms with Gasteiger partial charge in [-0.1, -0.05) is 17.7 Å². The number of carbonyl (C=O) groups excluding carboxylic acids is 2. The van der Waals surface area contributed by atoms with Crippen LogP contribution in [0.1, 0.15) is 16.9 Å². The molecule has 3 aromatic carbocycles. The van der Waals surface area contributed by atoms with Gasteiger partial charge in [0.05, 0.1) is 36.7 Å². The molecule has 2 amide bonds. The number of ether oxygens (including phenoxy) is 2. The third-order valence-electron chi connectivity index (χ3n) is 5.95. The van der Waals surface area contributed by atoms with Crippen molar-refractivity contribution < 1.29 is 31.9 Å². The molecular weight excluding hydrogens is 560 g/mol. The van der Waals surface area contributed by atoms with Crippen LogP contribution in [0.15, 0.2) is 106 Å². The van der Waals surface area contributed by atoms with Gasteiger partial charge in [0.2, 0.25) is 0 Å². The van der Waals surface area contributed by atoms with Gasteiger partial charge < -0.3 is 19.2 Å².